The van der Waals surface area contributed by atoms with Gasteiger partial charge < -0.3 is 10.5 Å². The van der Waals surface area contributed by atoms with Crippen molar-refractivity contribution in [2.75, 3.05) is 18.6 Å². The lowest BCUT2D eigenvalue weighted by Crippen LogP contribution is -2.34. The molecule has 2 rings (SSSR count). The van der Waals surface area contributed by atoms with Crippen molar-refractivity contribution < 1.29 is 4.74 Å². The highest BCUT2D eigenvalue weighted by atomic mass is 32.2. The van der Waals surface area contributed by atoms with Gasteiger partial charge in [0, 0.05) is 28.0 Å². The summed E-state index contributed by atoms with van der Waals surface area (Å²) in [5, 5.41) is 1.13. The van der Waals surface area contributed by atoms with Crippen LogP contribution in [-0.2, 0) is 0 Å². The Bertz CT molecular complexity index is 450. The lowest BCUT2D eigenvalue weighted by Gasteiger charge is -2.33. The second kappa shape index (κ2) is 6.42. The Morgan fingerprint density at radius 3 is 2.53 bits per heavy atom. The predicted molar refractivity (Wildman–Crippen MR) is 87.6 cm³/mol. The van der Waals surface area contributed by atoms with E-state index in [1.807, 2.05) is 23.5 Å². The van der Waals surface area contributed by atoms with Gasteiger partial charge >= 0.3 is 0 Å². The molecule has 0 amide bonds. The summed E-state index contributed by atoms with van der Waals surface area (Å²) in [5.41, 5.74) is 10.2. The first kappa shape index (κ1) is 15.1. The van der Waals surface area contributed by atoms with Gasteiger partial charge in [-0.1, -0.05) is 13.0 Å². The zero-order chi connectivity index (χ0) is 14.0. The monoisotopic (exact) mass is 297 g/mol. The second-order valence-electron chi connectivity index (χ2n) is 5.12. The van der Waals surface area contributed by atoms with Crippen LogP contribution in [0.5, 0.6) is 5.75 Å². The van der Waals surface area contributed by atoms with Crippen LogP contribution in [0, 0.1) is 13.8 Å². The van der Waals surface area contributed by atoms with E-state index >= 15 is 0 Å². The number of rotatable bonds is 3. The molecule has 0 spiro atoms. The van der Waals surface area contributed by atoms with Gasteiger partial charge in [-0.25, -0.2) is 0 Å². The summed E-state index contributed by atoms with van der Waals surface area (Å²) in [4.78, 5) is 0. The molecule has 1 heterocycles. The highest BCUT2D eigenvalue weighted by molar-refractivity contribution is 8.07. The third kappa shape index (κ3) is 3.23. The number of thioether (sulfide) groups is 2. The van der Waals surface area contributed by atoms with Crippen molar-refractivity contribution in [2.45, 2.75) is 37.3 Å². The van der Waals surface area contributed by atoms with Crippen LogP contribution in [0.15, 0.2) is 12.1 Å². The molecular formula is C15H23NOS2. The molecule has 0 bridgehead atoms. The van der Waals surface area contributed by atoms with Crippen molar-refractivity contribution >= 4 is 23.5 Å². The SMILES string of the molecule is COc1cc(C)c(C(N)C2SCCSC2C)cc1C. The standard InChI is InChI=1S/C15H23NOS2/c1-9-8-13(17-4)10(2)7-12(9)14(16)15-11(3)18-5-6-19-15/h7-8,11,14-15H,5-6,16H2,1-4H3. The van der Waals surface area contributed by atoms with Crippen molar-refractivity contribution in [1.82, 2.24) is 0 Å². The van der Waals surface area contributed by atoms with E-state index in [2.05, 4.69) is 32.9 Å². The number of hydrogen-bond acceptors (Lipinski definition) is 4. The number of aryl methyl sites for hydroxylation is 2. The molecule has 0 saturated carbocycles. The van der Waals surface area contributed by atoms with Gasteiger partial charge in [0.25, 0.3) is 0 Å². The van der Waals surface area contributed by atoms with Crippen molar-refractivity contribution in [3.63, 3.8) is 0 Å². The van der Waals surface area contributed by atoms with Gasteiger partial charge in [-0.2, -0.15) is 23.5 Å². The highest BCUT2D eigenvalue weighted by Crippen LogP contribution is 2.39. The van der Waals surface area contributed by atoms with Gasteiger partial charge in [0.1, 0.15) is 5.75 Å². The number of hydrogen-bond donors (Lipinski definition) is 1. The lowest BCUT2D eigenvalue weighted by molar-refractivity contribution is 0.411. The van der Waals surface area contributed by atoms with Gasteiger partial charge in [0.05, 0.1) is 7.11 Å². The van der Waals surface area contributed by atoms with Crippen LogP contribution in [0.25, 0.3) is 0 Å². The van der Waals surface area contributed by atoms with E-state index in [-0.39, 0.29) is 6.04 Å². The Morgan fingerprint density at radius 1 is 1.21 bits per heavy atom. The van der Waals surface area contributed by atoms with Crippen molar-refractivity contribution in [3.8, 4) is 5.75 Å². The van der Waals surface area contributed by atoms with Crippen molar-refractivity contribution in [1.29, 1.82) is 0 Å². The molecular weight excluding hydrogens is 274 g/mol. The topological polar surface area (TPSA) is 35.2 Å². The van der Waals surface area contributed by atoms with E-state index in [0.29, 0.717) is 10.5 Å². The maximum absolute atomic E-state index is 6.55. The van der Waals surface area contributed by atoms with E-state index in [0.717, 1.165) is 5.75 Å². The number of methoxy groups -OCH3 is 1. The van der Waals surface area contributed by atoms with Crippen molar-refractivity contribution in [3.05, 3.63) is 28.8 Å². The van der Waals surface area contributed by atoms with E-state index in [1.165, 1.54) is 28.2 Å². The minimum absolute atomic E-state index is 0.109. The van der Waals surface area contributed by atoms with Crippen LogP contribution in [0.2, 0.25) is 0 Å². The summed E-state index contributed by atoms with van der Waals surface area (Å²) in [5.74, 6) is 3.41. The molecule has 1 aliphatic heterocycles. The number of nitrogens with two attached hydrogens (primary N) is 1. The molecule has 4 heteroatoms. The Hall–Kier alpha value is -0.320. The number of benzene rings is 1. The first-order valence-corrected chi connectivity index (χ1v) is 8.78. The summed E-state index contributed by atoms with van der Waals surface area (Å²) in [6.45, 7) is 6.51. The van der Waals surface area contributed by atoms with Gasteiger partial charge in [-0.15, -0.1) is 0 Å². The van der Waals surface area contributed by atoms with Gasteiger partial charge in [-0.3, -0.25) is 0 Å². The fraction of sp³-hybridized carbons (Fsp3) is 0.600. The molecule has 1 aromatic rings. The molecule has 3 atom stereocenters. The molecule has 106 valence electrons. The Kier molecular flexibility index (Phi) is 5.09. The Balaban J connectivity index is 2.27. The maximum atomic E-state index is 6.55. The quantitative estimate of drug-likeness (QED) is 0.925. The molecule has 1 aliphatic rings. The van der Waals surface area contributed by atoms with Crippen LogP contribution in [-0.4, -0.2) is 29.1 Å². The van der Waals surface area contributed by atoms with E-state index in [4.69, 9.17) is 10.5 Å². The van der Waals surface area contributed by atoms with Gasteiger partial charge in [-0.05, 0) is 36.6 Å². The Morgan fingerprint density at radius 2 is 1.89 bits per heavy atom. The van der Waals surface area contributed by atoms with Crippen LogP contribution in [0.3, 0.4) is 0 Å². The summed E-state index contributed by atoms with van der Waals surface area (Å²) < 4.78 is 5.38. The zero-order valence-corrected chi connectivity index (χ0v) is 13.7. The lowest BCUT2D eigenvalue weighted by atomic mass is 9.95. The molecule has 2 N–H and O–H groups in total. The zero-order valence-electron chi connectivity index (χ0n) is 12.1. The first-order chi connectivity index (χ1) is 9.04. The molecule has 3 unspecified atom stereocenters. The minimum Gasteiger partial charge on any atom is -0.496 e. The van der Waals surface area contributed by atoms with Crippen molar-refractivity contribution in [2.24, 2.45) is 5.73 Å². The molecule has 2 nitrogen and oxygen atoms in total. The maximum Gasteiger partial charge on any atom is 0.122 e. The van der Waals surface area contributed by atoms with E-state index in [1.54, 1.807) is 7.11 Å². The molecule has 1 aromatic carbocycles. The second-order valence-corrected chi connectivity index (χ2v) is 7.89. The average Bonchev–Trinajstić information content (AvgIpc) is 2.40. The normalized spacial score (nSPS) is 25.1. The largest absolute Gasteiger partial charge is 0.496 e. The van der Waals surface area contributed by atoms with Gasteiger partial charge in [0.15, 0.2) is 0 Å². The summed E-state index contributed by atoms with van der Waals surface area (Å²) in [7, 11) is 1.72. The summed E-state index contributed by atoms with van der Waals surface area (Å²) >= 11 is 4.06. The molecule has 1 fully saturated rings. The summed E-state index contributed by atoms with van der Waals surface area (Å²) in [6, 6.07) is 4.42. The van der Waals surface area contributed by atoms with Crippen LogP contribution in [0.1, 0.15) is 29.7 Å². The van der Waals surface area contributed by atoms with Crippen LogP contribution < -0.4 is 10.5 Å². The Labute approximate surface area is 124 Å². The fourth-order valence-corrected chi connectivity index (χ4v) is 5.48. The molecule has 0 aliphatic carbocycles. The predicted octanol–water partition coefficient (Wildman–Crippen LogP) is 3.55. The fourth-order valence-electron chi connectivity index (χ4n) is 2.61. The minimum atomic E-state index is 0.109. The third-order valence-electron chi connectivity index (χ3n) is 3.73. The van der Waals surface area contributed by atoms with E-state index in [9.17, 15) is 0 Å². The third-order valence-corrected chi connectivity index (χ3v) is 6.95. The summed E-state index contributed by atoms with van der Waals surface area (Å²) in [6.07, 6.45) is 0. The molecule has 0 radical (unpaired) electrons. The smallest absolute Gasteiger partial charge is 0.122 e. The van der Waals surface area contributed by atoms with E-state index < -0.39 is 0 Å². The van der Waals surface area contributed by atoms with Crippen LogP contribution >= 0.6 is 23.5 Å². The van der Waals surface area contributed by atoms with Gasteiger partial charge in [0.2, 0.25) is 0 Å². The molecule has 1 saturated heterocycles. The average molecular weight is 297 g/mol. The number of ether oxygens (including phenoxy) is 1. The first-order valence-electron chi connectivity index (χ1n) is 6.68. The van der Waals surface area contributed by atoms with Crippen LogP contribution in [0.4, 0.5) is 0 Å². The highest BCUT2D eigenvalue weighted by Gasteiger charge is 2.30. The molecule has 0 aromatic heterocycles. The molecule has 19 heavy (non-hydrogen) atoms.